The first-order valence-electron chi connectivity index (χ1n) is 8.03. The minimum atomic E-state index is -3.27. The number of guanidine groups is 1. The van der Waals surface area contributed by atoms with Gasteiger partial charge in [-0.1, -0.05) is 18.2 Å². The number of hydrogen-bond acceptors (Lipinski definition) is 4. The van der Waals surface area contributed by atoms with Crippen LogP contribution in [0.3, 0.4) is 0 Å². The van der Waals surface area contributed by atoms with Gasteiger partial charge in [-0.3, -0.25) is 4.99 Å². The maximum Gasteiger partial charge on any atom is 0.191 e. The fourth-order valence-corrected chi connectivity index (χ4v) is 3.55. The highest BCUT2D eigenvalue weighted by molar-refractivity contribution is 14.0. The molecular formula is C16H26IN3O3S. The lowest BCUT2D eigenvalue weighted by Gasteiger charge is -2.13. The van der Waals surface area contributed by atoms with Crippen LogP contribution in [0.5, 0.6) is 0 Å². The predicted octanol–water partition coefficient (Wildman–Crippen LogP) is 1.81. The molecular weight excluding hydrogens is 441 g/mol. The molecule has 8 heteroatoms. The van der Waals surface area contributed by atoms with E-state index in [-0.39, 0.29) is 35.8 Å². The Morgan fingerprint density at radius 1 is 1.29 bits per heavy atom. The largest absolute Gasteiger partial charge is 0.376 e. The average molecular weight is 467 g/mol. The van der Waals surface area contributed by atoms with Gasteiger partial charge in [-0.05, 0) is 31.9 Å². The zero-order chi connectivity index (χ0) is 16.5. The standard InChI is InChI=1S/C16H25N3O3S.HI/c1-2-17-16(19-13-14-7-6-11-22-14)18-10-12-23(20,21)15-8-4-3-5-9-15;/h3-5,8-9,14H,2,6-7,10-13H2,1H3,(H2,17,18,19);1H. The molecule has 1 heterocycles. The average Bonchev–Trinajstić information content (AvgIpc) is 3.07. The number of hydrogen-bond donors (Lipinski definition) is 2. The number of aliphatic imine (C=N–C) groups is 1. The highest BCUT2D eigenvalue weighted by Gasteiger charge is 2.16. The van der Waals surface area contributed by atoms with Gasteiger partial charge in [0.25, 0.3) is 0 Å². The Kier molecular flexibility index (Phi) is 9.60. The molecule has 0 aliphatic carbocycles. The van der Waals surface area contributed by atoms with Gasteiger partial charge in [0.2, 0.25) is 0 Å². The van der Waals surface area contributed by atoms with Gasteiger partial charge >= 0.3 is 0 Å². The highest BCUT2D eigenvalue weighted by atomic mass is 127. The summed E-state index contributed by atoms with van der Waals surface area (Å²) in [6, 6.07) is 8.50. The molecule has 6 nitrogen and oxygen atoms in total. The summed E-state index contributed by atoms with van der Waals surface area (Å²) in [5.41, 5.74) is 0. The molecule has 2 N–H and O–H groups in total. The first kappa shape index (κ1) is 21.2. The summed E-state index contributed by atoms with van der Waals surface area (Å²) in [7, 11) is -3.27. The molecule has 0 radical (unpaired) electrons. The van der Waals surface area contributed by atoms with Crippen LogP contribution in [-0.2, 0) is 14.6 Å². The molecule has 0 amide bonds. The van der Waals surface area contributed by atoms with Crippen molar-refractivity contribution in [2.24, 2.45) is 4.99 Å². The van der Waals surface area contributed by atoms with Crippen LogP contribution in [0.25, 0.3) is 0 Å². The molecule has 1 aliphatic heterocycles. The quantitative estimate of drug-likeness (QED) is 0.364. The Morgan fingerprint density at radius 3 is 2.67 bits per heavy atom. The maximum atomic E-state index is 12.2. The number of benzene rings is 1. The van der Waals surface area contributed by atoms with Gasteiger partial charge in [-0.2, -0.15) is 0 Å². The molecule has 1 atom stereocenters. The van der Waals surface area contributed by atoms with Gasteiger partial charge in [0.1, 0.15) is 0 Å². The molecule has 0 saturated carbocycles. The van der Waals surface area contributed by atoms with Crippen LogP contribution in [0, 0.1) is 0 Å². The topological polar surface area (TPSA) is 79.8 Å². The minimum Gasteiger partial charge on any atom is -0.376 e. The van der Waals surface area contributed by atoms with Crippen LogP contribution in [0.2, 0.25) is 0 Å². The summed E-state index contributed by atoms with van der Waals surface area (Å²) < 4.78 is 30.0. The van der Waals surface area contributed by atoms with E-state index >= 15 is 0 Å². The Labute approximate surface area is 161 Å². The summed E-state index contributed by atoms with van der Waals surface area (Å²) in [5.74, 6) is 0.660. The molecule has 1 aromatic carbocycles. The van der Waals surface area contributed by atoms with Crippen LogP contribution in [0.15, 0.2) is 40.2 Å². The molecule has 0 spiro atoms. The van der Waals surface area contributed by atoms with Gasteiger partial charge in [-0.15, -0.1) is 24.0 Å². The molecule has 24 heavy (non-hydrogen) atoms. The number of rotatable bonds is 7. The van der Waals surface area contributed by atoms with E-state index in [0.717, 1.165) is 26.0 Å². The van der Waals surface area contributed by atoms with E-state index in [0.29, 0.717) is 23.9 Å². The van der Waals surface area contributed by atoms with Crippen molar-refractivity contribution in [3.05, 3.63) is 30.3 Å². The van der Waals surface area contributed by atoms with Gasteiger partial charge in [0.15, 0.2) is 15.8 Å². The van der Waals surface area contributed by atoms with Crippen molar-refractivity contribution in [3.8, 4) is 0 Å². The Morgan fingerprint density at radius 2 is 2.04 bits per heavy atom. The molecule has 1 aromatic rings. The van der Waals surface area contributed by atoms with Crippen molar-refractivity contribution in [2.45, 2.75) is 30.8 Å². The third-order valence-corrected chi connectivity index (χ3v) is 5.32. The number of ether oxygens (including phenoxy) is 1. The fourth-order valence-electron chi connectivity index (χ4n) is 2.37. The smallest absolute Gasteiger partial charge is 0.191 e. The van der Waals surface area contributed by atoms with Crippen LogP contribution in [-0.4, -0.2) is 52.5 Å². The van der Waals surface area contributed by atoms with E-state index < -0.39 is 9.84 Å². The summed E-state index contributed by atoms with van der Waals surface area (Å²) >= 11 is 0. The number of sulfone groups is 1. The van der Waals surface area contributed by atoms with Crippen LogP contribution >= 0.6 is 24.0 Å². The first-order valence-corrected chi connectivity index (χ1v) is 9.68. The van der Waals surface area contributed by atoms with Crippen molar-refractivity contribution in [2.75, 3.05) is 32.0 Å². The Balaban J connectivity index is 0.00000288. The SMILES string of the molecule is CCNC(=NCC1CCCO1)NCCS(=O)(=O)c1ccccc1.I. The summed E-state index contributed by atoms with van der Waals surface area (Å²) in [6.07, 6.45) is 2.30. The van der Waals surface area contributed by atoms with Gasteiger partial charge in [-0.25, -0.2) is 8.42 Å². The second kappa shape index (κ2) is 10.9. The lowest BCUT2D eigenvalue weighted by Crippen LogP contribution is -2.40. The van der Waals surface area contributed by atoms with E-state index in [1.54, 1.807) is 30.3 Å². The monoisotopic (exact) mass is 467 g/mol. The van der Waals surface area contributed by atoms with E-state index in [9.17, 15) is 8.42 Å². The van der Waals surface area contributed by atoms with Crippen LogP contribution in [0.4, 0.5) is 0 Å². The van der Waals surface area contributed by atoms with Crippen molar-refractivity contribution in [1.82, 2.24) is 10.6 Å². The van der Waals surface area contributed by atoms with Gasteiger partial charge in [0, 0.05) is 19.7 Å². The van der Waals surface area contributed by atoms with E-state index in [1.165, 1.54) is 0 Å². The number of halogens is 1. The molecule has 1 saturated heterocycles. The molecule has 1 unspecified atom stereocenters. The first-order chi connectivity index (χ1) is 11.1. The Bertz CT molecular complexity index is 602. The van der Waals surface area contributed by atoms with Crippen molar-refractivity contribution in [3.63, 3.8) is 0 Å². The molecule has 136 valence electrons. The second-order valence-corrected chi connectivity index (χ2v) is 7.52. The number of nitrogens with zero attached hydrogens (tertiary/aromatic N) is 1. The van der Waals surface area contributed by atoms with E-state index in [2.05, 4.69) is 15.6 Å². The van der Waals surface area contributed by atoms with Gasteiger partial charge in [0.05, 0.1) is 23.3 Å². The molecule has 1 aliphatic rings. The van der Waals surface area contributed by atoms with Gasteiger partial charge < -0.3 is 15.4 Å². The third-order valence-electron chi connectivity index (χ3n) is 3.59. The summed E-state index contributed by atoms with van der Waals surface area (Å²) in [5, 5.41) is 6.20. The zero-order valence-corrected chi connectivity index (χ0v) is 17.0. The predicted molar refractivity (Wildman–Crippen MR) is 107 cm³/mol. The van der Waals surface area contributed by atoms with Crippen LogP contribution < -0.4 is 10.6 Å². The molecule has 0 bridgehead atoms. The molecule has 0 aromatic heterocycles. The molecule has 2 rings (SSSR count). The van der Waals surface area contributed by atoms with Crippen LogP contribution in [0.1, 0.15) is 19.8 Å². The van der Waals surface area contributed by atoms with Crippen molar-refractivity contribution in [1.29, 1.82) is 0 Å². The Hall–Kier alpha value is -0.870. The normalized spacial score (nSPS) is 18.0. The fraction of sp³-hybridized carbons (Fsp3) is 0.562. The lowest BCUT2D eigenvalue weighted by molar-refractivity contribution is 0.117. The minimum absolute atomic E-state index is 0. The third kappa shape index (κ3) is 6.94. The second-order valence-electron chi connectivity index (χ2n) is 5.41. The van der Waals surface area contributed by atoms with E-state index in [1.807, 2.05) is 6.92 Å². The zero-order valence-electron chi connectivity index (χ0n) is 13.9. The van der Waals surface area contributed by atoms with Crippen molar-refractivity contribution >= 4 is 39.8 Å². The summed E-state index contributed by atoms with van der Waals surface area (Å²) in [6.45, 7) is 4.42. The van der Waals surface area contributed by atoms with E-state index in [4.69, 9.17) is 4.74 Å². The van der Waals surface area contributed by atoms with Crippen molar-refractivity contribution < 1.29 is 13.2 Å². The number of nitrogens with one attached hydrogen (secondary N) is 2. The maximum absolute atomic E-state index is 12.2. The summed E-state index contributed by atoms with van der Waals surface area (Å²) in [4.78, 5) is 4.81. The lowest BCUT2D eigenvalue weighted by atomic mass is 10.2. The molecule has 1 fully saturated rings. The highest BCUT2D eigenvalue weighted by Crippen LogP contribution is 2.12.